The molecule has 0 bridgehead atoms. The van der Waals surface area contributed by atoms with E-state index in [9.17, 15) is 4.79 Å². The topological polar surface area (TPSA) is 55.1 Å². The molecule has 0 spiro atoms. The number of rotatable bonds is 3. The molecule has 3 nitrogen and oxygen atoms in total. The first-order chi connectivity index (χ1) is 12.0. The second kappa shape index (κ2) is 6.07. The number of hydrogen-bond donors (Lipinski definition) is 2. The van der Waals surface area contributed by atoms with Gasteiger partial charge in [-0.3, -0.25) is 4.79 Å². The van der Waals surface area contributed by atoms with E-state index in [2.05, 4.69) is 55.6 Å². The number of fused-ring (bicyclic) bond motifs is 3. The van der Waals surface area contributed by atoms with Gasteiger partial charge in [0.05, 0.1) is 6.04 Å². The van der Waals surface area contributed by atoms with Crippen LogP contribution in [0.4, 0.5) is 5.69 Å². The van der Waals surface area contributed by atoms with E-state index in [1.54, 1.807) is 0 Å². The number of nitrogens with one attached hydrogen (secondary N) is 1. The van der Waals surface area contributed by atoms with Crippen LogP contribution < -0.4 is 11.1 Å². The van der Waals surface area contributed by atoms with Crippen LogP contribution in [0.5, 0.6) is 0 Å². The maximum absolute atomic E-state index is 11.5. The van der Waals surface area contributed by atoms with Gasteiger partial charge in [-0.25, -0.2) is 0 Å². The van der Waals surface area contributed by atoms with E-state index in [1.807, 2.05) is 18.2 Å². The van der Waals surface area contributed by atoms with Gasteiger partial charge in [0.15, 0.2) is 0 Å². The lowest BCUT2D eigenvalue weighted by atomic mass is 9.76. The number of benzene rings is 2. The van der Waals surface area contributed by atoms with Crippen molar-refractivity contribution in [2.45, 2.75) is 38.1 Å². The standard InChI is InChI=1S/C22H24N2O/c1-13(2)14-6-8-15(9-7-14)21-18-5-3-4-17(18)19-12-16(22(23)25)10-11-20(19)24-21/h3-4,6-13,17-18,21,24H,5H2,1-2H3,(H2,23,25). The van der Waals surface area contributed by atoms with Crippen molar-refractivity contribution in [1.29, 1.82) is 0 Å². The monoisotopic (exact) mass is 332 g/mol. The predicted octanol–water partition coefficient (Wildman–Crippen LogP) is 4.74. The molecule has 3 heteroatoms. The van der Waals surface area contributed by atoms with Gasteiger partial charge >= 0.3 is 0 Å². The molecule has 4 rings (SSSR count). The van der Waals surface area contributed by atoms with Crippen LogP contribution >= 0.6 is 0 Å². The molecule has 1 heterocycles. The number of amides is 1. The highest BCUT2D eigenvalue weighted by Crippen LogP contribution is 2.49. The first-order valence-electron chi connectivity index (χ1n) is 9.01. The molecule has 3 atom stereocenters. The van der Waals surface area contributed by atoms with Gasteiger partial charge in [0.25, 0.3) is 0 Å². The molecule has 0 radical (unpaired) electrons. The summed E-state index contributed by atoms with van der Waals surface area (Å²) in [5.74, 6) is 0.987. The van der Waals surface area contributed by atoms with Crippen molar-refractivity contribution in [3.63, 3.8) is 0 Å². The molecule has 2 aliphatic rings. The SMILES string of the molecule is CC(C)c1ccc(C2Nc3ccc(C(N)=O)cc3C3C=CCC32)cc1. The van der Waals surface area contributed by atoms with Gasteiger partial charge in [-0.15, -0.1) is 0 Å². The van der Waals surface area contributed by atoms with Crippen molar-refractivity contribution >= 4 is 11.6 Å². The minimum atomic E-state index is -0.368. The summed E-state index contributed by atoms with van der Waals surface area (Å²) in [6, 6.07) is 15.0. The number of allylic oxidation sites excluding steroid dienone is 2. The van der Waals surface area contributed by atoms with Crippen LogP contribution in [-0.4, -0.2) is 5.91 Å². The van der Waals surface area contributed by atoms with E-state index in [1.165, 1.54) is 16.7 Å². The van der Waals surface area contributed by atoms with Crippen molar-refractivity contribution in [2.75, 3.05) is 5.32 Å². The Bertz CT molecular complexity index is 836. The Hall–Kier alpha value is -2.55. The molecule has 2 aromatic carbocycles. The zero-order chi connectivity index (χ0) is 17.6. The highest BCUT2D eigenvalue weighted by Gasteiger charge is 2.38. The highest BCUT2D eigenvalue weighted by molar-refractivity contribution is 5.93. The average Bonchev–Trinajstić information content (AvgIpc) is 3.10. The molecule has 0 saturated heterocycles. The molecule has 0 fully saturated rings. The lowest BCUT2D eigenvalue weighted by molar-refractivity contribution is 0.1000. The van der Waals surface area contributed by atoms with Gasteiger partial charge in [0, 0.05) is 17.2 Å². The third-order valence-electron chi connectivity index (χ3n) is 5.61. The first-order valence-corrected chi connectivity index (χ1v) is 9.01. The summed E-state index contributed by atoms with van der Waals surface area (Å²) in [4.78, 5) is 11.5. The second-order valence-corrected chi connectivity index (χ2v) is 7.46. The van der Waals surface area contributed by atoms with Crippen LogP contribution in [0.3, 0.4) is 0 Å². The first kappa shape index (κ1) is 15.9. The van der Waals surface area contributed by atoms with Crippen molar-refractivity contribution in [2.24, 2.45) is 11.7 Å². The number of carbonyl (C=O) groups excluding carboxylic acids is 1. The fourth-order valence-corrected chi connectivity index (χ4v) is 4.17. The van der Waals surface area contributed by atoms with Crippen molar-refractivity contribution in [3.05, 3.63) is 76.9 Å². The molecule has 0 saturated carbocycles. The van der Waals surface area contributed by atoms with Crippen molar-refractivity contribution < 1.29 is 4.79 Å². The molecule has 3 unspecified atom stereocenters. The summed E-state index contributed by atoms with van der Waals surface area (Å²) in [5.41, 5.74) is 11.0. The Morgan fingerprint density at radius 1 is 1.16 bits per heavy atom. The van der Waals surface area contributed by atoms with Crippen molar-refractivity contribution in [1.82, 2.24) is 0 Å². The Labute approximate surface area is 148 Å². The molecule has 1 amide bonds. The minimum absolute atomic E-state index is 0.285. The molecule has 1 aliphatic carbocycles. The summed E-state index contributed by atoms with van der Waals surface area (Å²) in [5, 5.41) is 3.71. The quantitative estimate of drug-likeness (QED) is 0.798. The van der Waals surface area contributed by atoms with Gasteiger partial charge in [0.2, 0.25) is 5.91 Å². The molecular formula is C22H24N2O. The smallest absolute Gasteiger partial charge is 0.248 e. The lowest BCUT2D eigenvalue weighted by Crippen LogP contribution is -2.29. The Balaban J connectivity index is 1.71. The minimum Gasteiger partial charge on any atom is -0.378 e. The fourth-order valence-electron chi connectivity index (χ4n) is 4.17. The van der Waals surface area contributed by atoms with E-state index >= 15 is 0 Å². The van der Waals surface area contributed by atoms with Crippen LogP contribution in [0.25, 0.3) is 0 Å². The maximum atomic E-state index is 11.5. The third kappa shape index (κ3) is 2.74. The zero-order valence-corrected chi connectivity index (χ0v) is 14.7. The molecular weight excluding hydrogens is 308 g/mol. The van der Waals surface area contributed by atoms with Gasteiger partial charge < -0.3 is 11.1 Å². The Kier molecular flexibility index (Phi) is 3.87. The molecule has 3 N–H and O–H groups in total. The summed E-state index contributed by atoms with van der Waals surface area (Å²) < 4.78 is 0. The van der Waals surface area contributed by atoms with Crippen LogP contribution in [0, 0.1) is 5.92 Å². The number of primary amides is 1. The zero-order valence-electron chi connectivity index (χ0n) is 14.7. The third-order valence-corrected chi connectivity index (χ3v) is 5.61. The van der Waals surface area contributed by atoms with E-state index < -0.39 is 0 Å². The summed E-state index contributed by atoms with van der Waals surface area (Å²) in [6.45, 7) is 4.44. The van der Waals surface area contributed by atoms with E-state index in [0.717, 1.165) is 12.1 Å². The normalized spacial score (nSPS) is 23.9. The van der Waals surface area contributed by atoms with Gasteiger partial charge in [-0.05, 0) is 53.1 Å². The molecule has 2 aromatic rings. The largest absolute Gasteiger partial charge is 0.378 e. The number of carbonyl (C=O) groups is 1. The molecule has 0 aromatic heterocycles. The van der Waals surface area contributed by atoms with Crippen LogP contribution in [0.1, 0.15) is 65.2 Å². The van der Waals surface area contributed by atoms with Crippen LogP contribution in [0.15, 0.2) is 54.6 Å². The van der Waals surface area contributed by atoms with E-state index in [-0.39, 0.29) is 11.9 Å². The summed E-state index contributed by atoms with van der Waals surface area (Å²) in [6.07, 6.45) is 5.59. The van der Waals surface area contributed by atoms with Crippen LogP contribution in [-0.2, 0) is 0 Å². The predicted molar refractivity (Wildman–Crippen MR) is 102 cm³/mol. The number of anilines is 1. The lowest BCUT2D eigenvalue weighted by Gasteiger charge is -2.37. The summed E-state index contributed by atoms with van der Waals surface area (Å²) in [7, 11) is 0. The number of nitrogens with two attached hydrogens (primary N) is 1. The number of hydrogen-bond acceptors (Lipinski definition) is 2. The van der Waals surface area contributed by atoms with Crippen LogP contribution in [0.2, 0.25) is 0 Å². The second-order valence-electron chi connectivity index (χ2n) is 7.46. The van der Waals surface area contributed by atoms with E-state index in [4.69, 9.17) is 5.73 Å². The molecule has 1 aliphatic heterocycles. The van der Waals surface area contributed by atoms with E-state index in [0.29, 0.717) is 23.3 Å². The van der Waals surface area contributed by atoms with Crippen molar-refractivity contribution in [3.8, 4) is 0 Å². The Morgan fingerprint density at radius 3 is 2.60 bits per heavy atom. The van der Waals surface area contributed by atoms with Gasteiger partial charge in [0.1, 0.15) is 0 Å². The Morgan fingerprint density at radius 2 is 1.92 bits per heavy atom. The molecule has 25 heavy (non-hydrogen) atoms. The summed E-state index contributed by atoms with van der Waals surface area (Å²) >= 11 is 0. The fraction of sp³-hybridized carbons (Fsp3) is 0.318. The average molecular weight is 332 g/mol. The van der Waals surface area contributed by atoms with Gasteiger partial charge in [-0.1, -0.05) is 50.3 Å². The highest BCUT2D eigenvalue weighted by atomic mass is 16.1. The maximum Gasteiger partial charge on any atom is 0.248 e. The van der Waals surface area contributed by atoms with Gasteiger partial charge in [-0.2, -0.15) is 0 Å². The molecule has 128 valence electrons.